The molecule has 0 saturated heterocycles. The number of nitrogens with two attached hydrogens (primary N) is 1. The van der Waals surface area contributed by atoms with Crippen LogP contribution in [0, 0.1) is 5.92 Å². The lowest BCUT2D eigenvalue weighted by molar-refractivity contribution is 0.881. The van der Waals surface area contributed by atoms with Gasteiger partial charge in [-0.15, -0.1) is 11.8 Å². The molecule has 0 fully saturated rings. The van der Waals surface area contributed by atoms with Crippen molar-refractivity contribution in [3.8, 4) is 0 Å². The van der Waals surface area contributed by atoms with Crippen molar-refractivity contribution in [2.24, 2.45) is 16.6 Å². The maximum Gasteiger partial charge on any atom is 0.120 e. The van der Waals surface area contributed by atoms with Crippen LogP contribution in [0.15, 0.2) is 27.9 Å². The number of nitrogens with one attached hydrogen (secondary N) is 1. The standard InChI is InChI=1S/C9H13N3S/c1-11-5-7-2-6-4-12-9(10)3-8(6)13-7/h2-4,6,8,11H,5,10H2,1H3. The zero-order valence-electron chi connectivity index (χ0n) is 7.53. The van der Waals surface area contributed by atoms with Gasteiger partial charge in [-0.3, -0.25) is 0 Å². The summed E-state index contributed by atoms with van der Waals surface area (Å²) in [5, 5.41) is 3.62. The smallest absolute Gasteiger partial charge is 0.120 e. The van der Waals surface area contributed by atoms with Crippen molar-refractivity contribution in [1.29, 1.82) is 0 Å². The molecule has 2 aliphatic heterocycles. The molecule has 0 amide bonds. The highest BCUT2D eigenvalue weighted by atomic mass is 32.2. The van der Waals surface area contributed by atoms with Crippen molar-refractivity contribution in [2.75, 3.05) is 13.6 Å². The molecule has 70 valence electrons. The second-order valence-electron chi connectivity index (χ2n) is 3.19. The van der Waals surface area contributed by atoms with E-state index >= 15 is 0 Å². The van der Waals surface area contributed by atoms with E-state index in [0.717, 1.165) is 6.54 Å². The fourth-order valence-electron chi connectivity index (χ4n) is 1.53. The first-order valence-corrected chi connectivity index (χ1v) is 5.21. The molecule has 0 aliphatic carbocycles. The number of rotatable bonds is 2. The summed E-state index contributed by atoms with van der Waals surface area (Å²) < 4.78 is 0. The number of nitrogens with zero attached hydrogens (tertiary/aromatic N) is 1. The van der Waals surface area contributed by atoms with Gasteiger partial charge in [-0.2, -0.15) is 0 Å². The molecule has 3 N–H and O–H groups in total. The summed E-state index contributed by atoms with van der Waals surface area (Å²) in [6.45, 7) is 0.944. The summed E-state index contributed by atoms with van der Waals surface area (Å²) in [5.41, 5.74) is 5.62. The van der Waals surface area contributed by atoms with Crippen LogP contribution < -0.4 is 11.1 Å². The Morgan fingerprint density at radius 3 is 3.23 bits per heavy atom. The molecule has 2 atom stereocenters. The molecule has 2 aliphatic rings. The van der Waals surface area contributed by atoms with Gasteiger partial charge in [0.25, 0.3) is 0 Å². The highest BCUT2D eigenvalue weighted by molar-refractivity contribution is 8.04. The van der Waals surface area contributed by atoms with Gasteiger partial charge in [0.2, 0.25) is 0 Å². The first-order chi connectivity index (χ1) is 6.29. The number of hydrogen-bond donors (Lipinski definition) is 2. The molecular formula is C9H13N3S. The van der Waals surface area contributed by atoms with E-state index in [0.29, 0.717) is 17.0 Å². The third-order valence-electron chi connectivity index (χ3n) is 2.13. The molecule has 0 spiro atoms. The van der Waals surface area contributed by atoms with E-state index < -0.39 is 0 Å². The third kappa shape index (κ3) is 1.78. The molecule has 0 aromatic rings. The molecule has 4 heteroatoms. The summed E-state index contributed by atoms with van der Waals surface area (Å²) in [5.74, 6) is 1.09. The number of thioether (sulfide) groups is 1. The normalized spacial score (nSPS) is 31.2. The number of aliphatic imine (C=N–C) groups is 1. The van der Waals surface area contributed by atoms with Crippen LogP contribution in [0.1, 0.15) is 0 Å². The minimum absolute atomic E-state index is 0.445. The van der Waals surface area contributed by atoms with Gasteiger partial charge in [-0.1, -0.05) is 6.08 Å². The first kappa shape index (κ1) is 8.84. The molecule has 13 heavy (non-hydrogen) atoms. The van der Waals surface area contributed by atoms with Crippen LogP contribution in [0.5, 0.6) is 0 Å². The molecule has 0 aromatic carbocycles. The molecule has 0 aromatic heterocycles. The monoisotopic (exact) mass is 195 g/mol. The molecule has 0 bridgehead atoms. The van der Waals surface area contributed by atoms with Crippen LogP contribution in [0.25, 0.3) is 0 Å². The van der Waals surface area contributed by atoms with E-state index in [1.54, 1.807) is 0 Å². The lowest BCUT2D eigenvalue weighted by Crippen LogP contribution is -2.17. The number of hydrogen-bond acceptors (Lipinski definition) is 4. The Morgan fingerprint density at radius 1 is 1.62 bits per heavy atom. The minimum atomic E-state index is 0.445. The summed E-state index contributed by atoms with van der Waals surface area (Å²) in [6, 6.07) is 0. The quantitative estimate of drug-likeness (QED) is 0.682. The molecule has 3 nitrogen and oxygen atoms in total. The molecule has 0 radical (unpaired) electrons. The van der Waals surface area contributed by atoms with Crippen molar-refractivity contribution in [3.63, 3.8) is 0 Å². The van der Waals surface area contributed by atoms with E-state index in [1.807, 2.05) is 31.1 Å². The topological polar surface area (TPSA) is 50.4 Å². The van der Waals surface area contributed by atoms with Crippen molar-refractivity contribution in [3.05, 3.63) is 22.9 Å². The largest absolute Gasteiger partial charge is 0.384 e. The second kappa shape index (κ2) is 3.55. The van der Waals surface area contributed by atoms with Crippen molar-refractivity contribution >= 4 is 18.0 Å². The van der Waals surface area contributed by atoms with Gasteiger partial charge in [0.1, 0.15) is 5.82 Å². The lowest BCUT2D eigenvalue weighted by atomic mass is 10.0. The van der Waals surface area contributed by atoms with Gasteiger partial charge in [0, 0.05) is 23.9 Å². The SMILES string of the molecule is CNCC1=CC2C=NC(N)=CC2S1. The van der Waals surface area contributed by atoms with Crippen LogP contribution >= 0.6 is 11.8 Å². The molecule has 2 unspecified atom stereocenters. The summed E-state index contributed by atoms with van der Waals surface area (Å²) in [6.07, 6.45) is 6.24. The van der Waals surface area contributed by atoms with E-state index in [4.69, 9.17) is 5.73 Å². The Kier molecular flexibility index (Phi) is 2.42. The fourth-order valence-corrected chi connectivity index (χ4v) is 2.86. The second-order valence-corrected chi connectivity index (χ2v) is 4.50. The molecule has 0 saturated carbocycles. The van der Waals surface area contributed by atoms with Crippen LogP contribution in [-0.4, -0.2) is 25.1 Å². The predicted molar refractivity (Wildman–Crippen MR) is 57.6 cm³/mol. The Balaban J connectivity index is 2.08. The van der Waals surface area contributed by atoms with Crippen molar-refractivity contribution in [1.82, 2.24) is 5.32 Å². The van der Waals surface area contributed by atoms with Crippen molar-refractivity contribution in [2.45, 2.75) is 5.25 Å². The average molecular weight is 195 g/mol. The van der Waals surface area contributed by atoms with Crippen molar-refractivity contribution < 1.29 is 0 Å². The van der Waals surface area contributed by atoms with Gasteiger partial charge < -0.3 is 11.1 Å². The molecular weight excluding hydrogens is 182 g/mol. The Morgan fingerprint density at radius 2 is 2.46 bits per heavy atom. The lowest BCUT2D eigenvalue weighted by Gasteiger charge is -2.14. The number of likely N-dealkylation sites (N-methyl/N-ethyl adjacent to an activating group) is 1. The van der Waals surface area contributed by atoms with Gasteiger partial charge in [-0.05, 0) is 18.0 Å². The third-order valence-corrected chi connectivity index (χ3v) is 3.43. The first-order valence-electron chi connectivity index (χ1n) is 4.33. The average Bonchev–Trinajstić information content (AvgIpc) is 2.46. The highest BCUT2D eigenvalue weighted by Crippen LogP contribution is 2.37. The Labute approximate surface area is 82.2 Å². The van der Waals surface area contributed by atoms with Gasteiger partial charge >= 0.3 is 0 Å². The van der Waals surface area contributed by atoms with E-state index in [1.165, 1.54) is 4.91 Å². The van der Waals surface area contributed by atoms with Gasteiger partial charge in [0.15, 0.2) is 0 Å². The molecule has 2 rings (SSSR count). The van der Waals surface area contributed by atoms with E-state index in [9.17, 15) is 0 Å². The van der Waals surface area contributed by atoms with E-state index in [-0.39, 0.29) is 0 Å². The Bertz CT molecular complexity index is 293. The predicted octanol–water partition coefficient (Wildman–Crippen LogP) is 0.706. The van der Waals surface area contributed by atoms with Gasteiger partial charge in [-0.25, -0.2) is 4.99 Å². The Hall–Kier alpha value is -0.740. The zero-order valence-corrected chi connectivity index (χ0v) is 8.34. The zero-order chi connectivity index (χ0) is 9.26. The fraction of sp³-hybridized carbons (Fsp3) is 0.444. The summed E-state index contributed by atoms with van der Waals surface area (Å²) in [7, 11) is 1.96. The molecule has 2 heterocycles. The van der Waals surface area contributed by atoms with Crippen LogP contribution in [0.3, 0.4) is 0 Å². The summed E-state index contributed by atoms with van der Waals surface area (Å²) in [4.78, 5) is 5.49. The highest BCUT2D eigenvalue weighted by Gasteiger charge is 2.27. The maximum atomic E-state index is 5.62. The van der Waals surface area contributed by atoms with E-state index in [2.05, 4.69) is 16.4 Å². The number of fused-ring (bicyclic) bond motifs is 1. The number of allylic oxidation sites excluding steroid dienone is 1. The van der Waals surface area contributed by atoms with Crippen LogP contribution in [0.4, 0.5) is 0 Å². The van der Waals surface area contributed by atoms with Crippen LogP contribution in [0.2, 0.25) is 0 Å². The van der Waals surface area contributed by atoms with Gasteiger partial charge in [0.05, 0.1) is 0 Å². The van der Waals surface area contributed by atoms with Crippen LogP contribution in [-0.2, 0) is 0 Å². The summed E-state index contributed by atoms with van der Waals surface area (Å²) >= 11 is 1.87. The minimum Gasteiger partial charge on any atom is -0.384 e. The maximum absolute atomic E-state index is 5.62.